The number of hydrogen-bond donors (Lipinski definition) is 0. The summed E-state index contributed by atoms with van der Waals surface area (Å²) in [5, 5.41) is 0. The lowest BCUT2D eigenvalue weighted by Crippen LogP contribution is -2.49. The van der Waals surface area contributed by atoms with E-state index in [-0.39, 0.29) is 35.1 Å². The number of fused-ring (bicyclic) bond motifs is 2. The van der Waals surface area contributed by atoms with Crippen LogP contribution in [0.1, 0.15) is 58.4 Å². The summed E-state index contributed by atoms with van der Waals surface area (Å²) in [6.45, 7) is 6.50. The number of cyclic esters (lactones) is 1. The van der Waals surface area contributed by atoms with Gasteiger partial charge in [-0.05, 0) is 73.6 Å². The van der Waals surface area contributed by atoms with Crippen molar-refractivity contribution < 1.29 is 13.9 Å². The Kier molecular flexibility index (Phi) is 5.20. The van der Waals surface area contributed by atoms with Gasteiger partial charge < -0.3 is 4.74 Å². The smallest absolute Gasteiger partial charge is 0.309 e. The van der Waals surface area contributed by atoms with Crippen LogP contribution >= 0.6 is 0 Å². The first-order valence-electron chi connectivity index (χ1n) is 10.7. The summed E-state index contributed by atoms with van der Waals surface area (Å²) in [7, 11) is 0. The van der Waals surface area contributed by atoms with Crippen molar-refractivity contribution in [1.29, 1.82) is 0 Å². The molecule has 4 rings (SSSR count). The maximum Gasteiger partial charge on any atom is 0.309 e. The Balaban J connectivity index is 1.63. The first-order valence-corrected chi connectivity index (χ1v) is 10.7. The molecule has 2 saturated carbocycles. The summed E-state index contributed by atoms with van der Waals surface area (Å²) in [5.74, 6) is 1.06. The van der Waals surface area contributed by atoms with Crippen LogP contribution in [0.3, 0.4) is 0 Å². The Bertz CT molecular complexity index is 811. The second kappa shape index (κ2) is 7.50. The number of halogens is 1. The SMILES string of the molecule is C/C(=C\C=C\[C@@H]1[C@H]2C(C[C@@H]3CCCCC31C)C(=O)O[C@@H]2C)c1cccc(F)c1. The van der Waals surface area contributed by atoms with Crippen LogP contribution in [0, 0.1) is 34.9 Å². The molecule has 0 N–H and O–H groups in total. The Morgan fingerprint density at radius 3 is 2.93 bits per heavy atom. The first kappa shape index (κ1) is 19.4. The minimum Gasteiger partial charge on any atom is -0.462 e. The molecule has 3 heteroatoms. The Labute approximate surface area is 167 Å². The van der Waals surface area contributed by atoms with Gasteiger partial charge in [0.2, 0.25) is 0 Å². The number of ether oxygens (including phenoxy) is 1. The molecule has 0 aromatic heterocycles. The standard InChI is InChI=1S/C25H31FO2/c1-16(18-9-7-11-20(26)14-18)8-6-12-22-23-17(2)28-24(27)21(23)15-19-10-4-5-13-25(19,22)3/h6-9,11-12,14,17,19,21-23H,4-5,10,13,15H2,1-3H3/b12-6+,16-8+/t17-,19+,21?,22-,23-,25?/m1/s1. The molecular weight excluding hydrogens is 351 g/mol. The molecule has 28 heavy (non-hydrogen) atoms. The molecule has 2 nitrogen and oxygen atoms in total. The maximum absolute atomic E-state index is 13.5. The van der Waals surface area contributed by atoms with Gasteiger partial charge in [0.15, 0.2) is 0 Å². The predicted molar refractivity (Wildman–Crippen MR) is 110 cm³/mol. The Morgan fingerprint density at radius 1 is 1.32 bits per heavy atom. The summed E-state index contributed by atoms with van der Waals surface area (Å²) in [6, 6.07) is 6.72. The van der Waals surface area contributed by atoms with Crippen molar-refractivity contribution in [2.45, 2.75) is 59.0 Å². The quantitative estimate of drug-likeness (QED) is 0.461. The fourth-order valence-corrected chi connectivity index (χ4v) is 6.13. The number of benzene rings is 1. The number of hydrogen-bond acceptors (Lipinski definition) is 2. The fraction of sp³-hybridized carbons (Fsp3) is 0.560. The van der Waals surface area contributed by atoms with Gasteiger partial charge in [0.25, 0.3) is 0 Å². The molecule has 2 aliphatic carbocycles. The van der Waals surface area contributed by atoms with E-state index in [0.29, 0.717) is 11.8 Å². The van der Waals surface area contributed by atoms with Crippen molar-refractivity contribution in [3.63, 3.8) is 0 Å². The highest BCUT2D eigenvalue weighted by atomic mass is 19.1. The number of carbonyl (C=O) groups is 1. The molecule has 1 saturated heterocycles. The minimum atomic E-state index is -0.211. The Hall–Kier alpha value is -1.90. The van der Waals surface area contributed by atoms with Crippen LogP contribution in [-0.4, -0.2) is 12.1 Å². The third-order valence-corrected chi connectivity index (χ3v) is 7.72. The van der Waals surface area contributed by atoms with Gasteiger partial charge in [0, 0.05) is 5.92 Å². The topological polar surface area (TPSA) is 26.3 Å². The summed E-state index contributed by atoms with van der Waals surface area (Å²) in [6.07, 6.45) is 12.5. The van der Waals surface area contributed by atoms with Crippen molar-refractivity contribution in [3.8, 4) is 0 Å². The summed E-state index contributed by atoms with van der Waals surface area (Å²) >= 11 is 0. The molecular formula is C25H31FO2. The molecule has 3 fully saturated rings. The van der Waals surface area contributed by atoms with Gasteiger partial charge in [0.05, 0.1) is 5.92 Å². The third-order valence-electron chi connectivity index (χ3n) is 7.72. The van der Waals surface area contributed by atoms with E-state index in [2.05, 4.69) is 32.1 Å². The van der Waals surface area contributed by atoms with Crippen molar-refractivity contribution in [2.24, 2.45) is 29.1 Å². The summed E-state index contributed by atoms with van der Waals surface area (Å²) in [4.78, 5) is 12.4. The van der Waals surface area contributed by atoms with Gasteiger partial charge >= 0.3 is 5.97 Å². The van der Waals surface area contributed by atoms with E-state index in [1.165, 1.54) is 31.7 Å². The van der Waals surface area contributed by atoms with Crippen LogP contribution in [-0.2, 0) is 9.53 Å². The largest absolute Gasteiger partial charge is 0.462 e. The van der Waals surface area contributed by atoms with E-state index in [1.807, 2.05) is 13.0 Å². The zero-order valence-corrected chi connectivity index (χ0v) is 17.2. The van der Waals surface area contributed by atoms with Crippen LogP contribution in [0.5, 0.6) is 0 Å². The van der Waals surface area contributed by atoms with Gasteiger partial charge in [0.1, 0.15) is 11.9 Å². The second-order valence-corrected chi connectivity index (χ2v) is 9.28. The van der Waals surface area contributed by atoms with E-state index in [0.717, 1.165) is 17.6 Å². The molecule has 6 atom stereocenters. The third kappa shape index (κ3) is 3.33. The predicted octanol–water partition coefficient (Wildman–Crippen LogP) is 6.18. The maximum atomic E-state index is 13.5. The molecule has 0 spiro atoms. The molecule has 150 valence electrons. The van der Waals surface area contributed by atoms with Crippen molar-refractivity contribution in [2.75, 3.05) is 0 Å². The second-order valence-electron chi connectivity index (χ2n) is 9.28. The van der Waals surface area contributed by atoms with Gasteiger partial charge in [-0.2, -0.15) is 0 Å². The minimum absolute atomic E-state index is 0.00927. The Morgan fingerprint density at radius 2 is 2.14 bits per heavy atom. The molecule has 0 bridgehead atoms. The summed E-state index contributed by atoms with van der Waals surface area (Å²) < 4.78 is 19.2. The average Bonchev–Trinajstić information content (AvgIpc) is 2.94. The van der Waals surface area contributed by atoms with Crippen LogP contribution < -0.4 is 0 Å². The lowest BCUT2D eigenvalue weighted by molar-refractivity contribution is -0.144. The number of carbonyl (C=O) groups excluding carboxylic acids is 1. The number of allylic oxidation sites excluding steroid dienone is 4. The lowest BCUT2D eigenvalue weighted by atomic mass is 9.50. The first-order chi connectivity index (χ1) is 13.4. The summed E-state index contributed by atoms with van der Waals surface area (Å²) in [5.41, 5.74) is 2.18. The number of rotatable bonds is 3. The zero-order valence-electron chi connectivity index (χ0n) is 17.2. The zero-order chi connectivity index (χ0) is 19.9. The van der Waals surface area contributed by atoms with Crippen molar-refractivity contribution >= 4 is 11.5 Å². The van der Waals surface area contributed by atoms with Crippen LogP contribution in [0.25, 0.3) is 5.57 Å². The average molecular weight is 383 g/mol. The molecule has 3 aliphatic rings. The number of esters is 1. The normalized spacial score (nSPS) is 38.2. The van der Waals surface area contributed by atoms with Gasteiger partial charge in [-0.25, -0.2) is 4.39 Å². The van der Waals surface area contributed by atoms with Crippen molar-refractivity contribution in [3.05, 3.63) is 53.9 Å². The van der Waals surface area contributed by atoms with E-state index in [1.54, 1.807) is 12.1 Å². The molecule has 0 radical (unpaired) electrons. The molecule has 1 aromatic rings. The monoisotopic (exact) mass is 382 g/mol. The van der Waals surface area contributed by atoms with E-state index < -0.39 is 0 Å². The van der Waals surface area contributed by atoms with Crippen molar-refractivity contribution in [1.82, 2.24) is 0 Å². The highest BCUT2D eigenvalue weighted by Gasteiger charge is 2.58. The lowest BCUT2D eigenvalue weighted by Gasteiger charge is -2.53. The molecule has 0 amide bonds. The highest BCUT2D eigenvalue weighted by Crippen LogP contribution is 2.60. The van der Waals surface area contributed by atoms with Gasteiger partial charge in [-0.15, -0.1) is 0 Å². The van der Waals surface area contributed by atoms with Gasteiger partial charge in [-0.3, -0.25) is 4.79 Å². The van der Waals surface area contributed by atoms with Crippen LogP contribution in [0.4, 0.5) is 4.39 Å². The van der Waals surface area contributed by atoms with Gasteiger partial charge in [-0.1, -0.05) is 50.1 Å². The molecule has 1 aliphatic heterocycles. The van der Waals surface area contributed by atoms with Crippen LogP contribution in [0.15, 0.2) is 42.5 Å². The molecule has 2 unspecified atom stereocenters. The van der Waals surface area contributed by atoms with E-state index in [9.17, 15) is 9.18 Å². The van der Waals surface area contributed by atoms with Crippen LogP contribution in [0.2, 0.25) is 0 Å². The molecule has 1 aromatic carbocycles. The fourth-order valence-electron chi connectivity index (χ4n) is 6.13. The highest BCUT2D eigenvalue weighted by molar-refractivity contribution is 5.75. The van der Waals surface area contributed by atoms with E-state index >= 15 is 0 Å². The molecule has 1 heterocycles. The van der Waals surface area contributed by atoms with E-state index in [4.69, 9.17) is 4.74 Å².